The molecule has 1 N–H and O–H groups in total. The summed E-state index contributed by atoms with van der Waals surface area (Å²) in [4.78, 5) is 20.8. The minimum atomic E-state index is 0.0488. The summed E-state index contributed by atoms with van der Waals surface area (Å²) in [5.41, 5.74) is 7.36. The fourth-order valence-corrected chi connectivity index (χ4v) is 4.82. The van der Waals surface area contributed by atoms with Gasteiger partial charge in [0.25, 0.3) is 5.91 Å². The predicted octanol–water partition coefficient (Wildman–Crippen LogP) is 4.87. The van der Waals surface area contributed by atoms with Crippen LogP contribution in [0.4, 0.5) is 5.82 Å². The number of carbonyl (C=O) groups is 1. The zero-order chi connectivity index (χ0) is 25.7. The lowest BCUT2D eigenvalue weighted by molar-refractivity contribution is 0.0827. The quantitative estimate of drug-likeness (QED) is 0.516. The van der Waals surface area contributed by atoms with E-state index in [9.17, 15) is 4.79 Å². The van der Waals surface area contributed by atoms with Crippen LogP contribution >= 0.6 is 0 Å². The number of nitrogens with one attached hydrogen (secondary N) is 1. The van der Waals surface area contributed by atoms with Crippen molar-refractivity contribution in [3.8, 4) is 11.3 Å². The summed E-state index contributed by atoms with van der Waals surface area (Å²) in [6.07, 6.45) is 6.33. The van der Waals surface area contributed by atoms with E-state index in [1.54, 1.807) is 19.0 Å². The predicted molar refractivity (Wildman–Crippen MR) is 146 cm³/mol. The van der Waals surface area contributed by atoms with Gasteiger partial charge in [0.2, 0.25) is 0 Å². The summed E-state index contributed by atoms with van der Waals surface area (Å²) >= 11 is 0. The molecule has 1 amide bonds. The van der Waals surface area contributed by atoms with Crippen LogP contribution in [0.2, 0.25) is 0 Å². The lowest BCUT2D eigenvalue weighted by atomic mass is 9.88. The van der Waals surface area contributed by atoms with E-state index in [2.05, 4.69) is 50.5 Å². The molecule has 1 aromatic carbocycles. The van der Waals surface area contributed by atoms with Crippen molar-refractivity contribution in [2.45, 2.75) is 32.6 Å². The van der Waals surface area contributed by atoms with E-state index in [-0.39, 0.29) is 5.91 Å². The Morgan fingerprint density at radius 3 is 2.42 bits per heavy atom. The van der Waals surface area contributed by atoms with Gasteiger partial charge < -0.3 is 10.2 Å². The van der Waals surface area contributed by atoms with E-state index in [4.69, 9.17) is 0 Å². The molecular formula is C29H36N6O. The van der Waals surface area contributed by atoms with Crippen molar-refractivity contribution in [2.24, 2.45) is 0 Å². The zero-order valence-corrected chi connectivity index (χ0v) is 22.0. The lowest BCUT2D eigenvalue weighted by Gasteiger charge is -2.32. The van der Waals surface area contributed by atoms with Crippen LogP contribution in [0.15, 0.2) is 54.2 Å². The van der Waals surface area contributed by atoms with Crippen LogP contribution in [-0.4, -0.2) is 71.7 Å². The summed E-state index contributed by atoms with van der Waals surface area (Å²) in [6, 6.07) is 14.1. The van der Waals surface area contributed by atoms with Gasteiger partial charge in [0, 0.05) is 56.3 Å². The molecule has 1 saturated heterocycles. The second-order valence-corrected chi connectivity index (χ2v) is 9.77. The molecule has 1 aliphatic rings. The molecule has 188 valence electrons. The van der Waals surface area contributed by atoms with Gasteiger partial charge in [0.1, 0.15) is 5.82 Å². The number of pyridine rings is 1. The van der Waals surface area contributed by atoms with Gasteiger partial charge in [-0.25, -0.2) is 0 Å². The van der Waals surface area contributed by atoms with E-state index in [0.29, 0.717) is 5.92 Å². The van der Waals surface area contributed by atoms with Crippen LogP contribution in [-0.2, 0) is 0 Å². The van der Waals surface area contributed by atoms with E-state index in [1.807, 2.05) is 50.5 Å². The Bertz CT molecular complexity index is 1210. The molecule has 7 heteroatoms. The molecule has 0 radical (unpaired) electrons. The number of carbonyl (C=O) groups excluding carboxylic acids is 1. The second kappa shape index (κ2) is 11.4. The van der Waals surface area contributed by atoms with E-state index in [0.717, 1.165) is 66.4 Å². The smallest absolute Gasteiger partial charge is 0.253 e. The number of nitrogens with zero attached hydrogens (tertiary/aromatic N) is 5. The maximum atomic E-state index is 12.2. The molecule has 2 aromatic heterocycles. The van der Waals surface area contributed by atoms with Crippen molar-refractivity contribution < 1.29 is 4.79 Å². The number of aryl methyl sites for hydroxylation is 1. The molecule has 7 nitrogen and oxygen atoms in total. The second-order valence-electron chi connectivity index (χ2n) is 9.77. The monoisotopic (exact) mass is 484 g/mol. The Kier molecular flexibility index (Phi) is 8.10. The van der Waals surface area contributed by atoms with Crippen LogP contribution in [0.3, 0.4) is 0 Å². The first-order valence-electron chi connectivity index (χ1n) is 12.5. The third kappa shape index (κ3) is 5.97. The average molecular weight is 485 g/mol. The number of hydrogen-bond donors (Lipinski definition) is 1. The molecule has 3 heterocycles. The Labute approximate surface area is 214 Å². The standard InChI is InChI=1S/C29H36N6O/c1-20(18-26-21(2)31-15-12-25(26)27-10-11-28(30-3)33-32-27)19-35-16-13-23(14-17-35)22-6-8-24(9-7-22)29(36)34(4)5/h6-12,15,18,23H,13-14,16-17,19H2,1-5H3,(H,30,33)/b20-18+. The third-order valence-corrected chi connectivity index (χ3v) is 6.87. The minimum Gasteiger partial charge on any atom is -0.372 e. The number of benzene rings is 1. The highest BCUT2D eigenvalue weighted by Gasteiger charge is 2.21. The van der Waals surface area contributed by atoms with Gasteiger partial charge in [-0.2, -0.15) is 0 Å². The van der Waals surface area contributed by atoms with Crippen molar-refractivity contribution in [3.63, 3.8) is 0 Å². The number of aromatic nitrogens is 3. The molecule has 0 saturated carbocycles. The Morgan fingerprint density at radius 2 is 1.81 bits per heavy atom. The van der Waals surface area contributed by atoms with Crippen molar-refractivity contribution >= 4 is 17.8 Å². The summed E-state index contributed by atoms with van der Waals surface area (Å²) in [5, 5.41) is 11.7. The molecule has 0 atom stereocenters. The average Bonchev–Trinajstić information content (AvgIpc) is 2.90. The number of piperidine rings is 1. The third-order valence-electron chi connectivity index (χ3n) is 6.87. The maximum Gasteiger partial charge on any atom is 0.253 e. The summed E-state index contributed by atoms with van der Waals surface area (Å²) in [6.45, 7) is 7.29. The van der Waals surface area contributed by atoms with Crippen LogP contribution < -0.4 is 5.32 Å². The molecule has 1 fully saturated rings. The molecule has 0 bridgehead atoms. The van der Waals surface area contributed by atoms with Gasteiger partial charge in [0.15, 0.2) is 0 Å². The van der Waals surface area contributed by atoms with Crippen LogP contribution in [0.25, 0.3) is 17.3 Å². The van der Waals surface area contributed by atoms with E-state index < -0.39 is 0 Å². The van der Waals surface area contributed by atoms with Crippen molar-refractivity contribution in [3.05, 3.63) is 76.6 Å². The van der Waals surface area contributed by atoms with Crippen molar-refractivity contribution in [1.82, 2.24) is 25.0 Å². The lowest BCUT2D eigenvalue weighted by Crippen LogP contribution is -2.34. The maximum absolute atomic E-state index is 12.2. The SMILES string of the molecule is CNc1ccc(-c2ccnc(C)c2/C=C(\C)CN2CCC(c3ccc(C(=O)N(C)C)cc3)CC2)nn1. The van der Waals surface area contributed by atoms with Gasteiger partial charge in [-0.15, -0.1) is 10.2 Å². The minimum absolute atomic E-state index is 0.0488. The zero-order valence-electron chi connectivity index (χ0n) is 22.0. The molecule has 0 unspecified atom stereocenters. The Morgan fingerprint density at radius 1 is 1.08 bits per heavy atom. The molecule has 0 spiro atoms. The van der Waals surface area contributed by atoms with Crippen LogP contribution in [0.1, 0.15) is 52.9 Å². The Balaban J connectivity index is 1.40. The highest BCUT2D eigenvalue weighted by molar-refractivity contribution is 5.93. The summed E-state index contributed by atoms with van der Waals surface area (Å²) < 4.78 is 0. The highest BCUT2D eigenvalue weighted by atomic mass is 16.2. The molecule has 4 rings (SSSR count). The number of rotatable bonds is 7. The molecule has 36 heavy (non-hydrogen) atoms. The summed E-state index contributed by atoms with van der Waals surface area (Å²) in [5.74, 6) is 1.34. The molecular weight excluding hydrogens is 448 g/mol. The van der Waals surface area contributed by atoms with E-state index >= 15 is 0 Å². The number of hydrogen-bond acceptors (Lipinski definition) is 6. The van der Waals surface area contributed by atoms with Crippen LogP contribution in [0, 0.1) is 6.92 Å². The van der Waals surface area contributed by atoms with Crippen molar-refractivity contribution in [1.29, 1.82) is 0 Å². The topological polar surface area (TPSA) is 74.2 Å². The first kappa shape index (κ1) is 25.5. The number of anilines is 1. The molecule has 3 aromatic rings. The molecule has 1 aliphatic heterocycles. The van der Waals surface area contributed by atoms with Gasteiger partial charge in [-0.05, 0) is 81.6 Å². The fourth-order valence-electron chi connectivity index (χ4n) is 4.82. The first-order chi connectivity index (χ1) is 17.4. The van der Waals surface area contributed by atoms with Gasteiger partial charge in [-0.3, -0.25) is 14.7 Å². The van der Waals surface area contributed by atoms with Gasteiger partial charge in [0.05, 0.1) is 5.69 Å². The molecule has 0 aliphatic carbocycles. The number of likely N-dealkylation sites (tertiary alicyclic amines) is 1. The normalized spacial score (nSPS) is 15.1. The van der Waals surface area contributed by atoms with E-state index in [1.165, 1.54) is 11.1 Å². The Hall–Kier alpha value is -3.58. The van der Waals surface area contributed by atoms with Gasteiger partial charge >= 0.3 is 0 Å². The fraction of sp³-hybridized carbons (Fsp3) is 0.379. The first-order valence-corrected chi connectivity index (χ1v) is 12.5. The van der Waals surface area contributed by atoms with Crippen LogP contribution in [0.5, 0.6) is 0 Å². The number of amides is 1. The van der Waals surface area contributed by atoms with Crippen molar-refractivity contribution in [2.75, 3.05) is 46.1 Å². The summed E-state index contributed by atoms with van der Waals surface area (Å²) in [7, 11) is 5.41. The largest absolute Gasteiger partial charge is 0.372 e. The van der Waals surface area contributed by atoms with Gasteiger partial charge in [-0.1, -0.05) is 23.8 Å². The highest BCUT2D eigenvalue weighted by Crippen LogP contribution is 2.30.